The average Bonchev–Trinajstić information content (AvgIpc) is 2.88. The number of para-hydroxylation sites is 1. The number of nitrogens with zero attached hydrogens (tertiary/aromatic N) is 2. The van der Waals surface area contributed by atoms with E-state index >= 15 is 0 Å². The summed E-state index contributed by atoms with van der Waals surface area (Å²) in [4.78, 5) is 4.98. The number of piperazine rings is 1. The van der Waals surface area contributed by atoms with Crippen molar-refractivity contribution in [2.45, 2.75) is 52.9 Å². The molecule has 0 saturated carbocycles. The normalized spacial score (nSPS) is 15.5. The first-order valence-corrected chi connectivity index (χ1v) is 12.4. The minimum atomic E-state index is -0.0725. The van der Waals surface area contributed by atoms with Crippen LogP contribution in [0.25, 0.3) is 0 Å². The second kappa shape index (κ2) is 16.9. The smallest absolute Gasteiger partial charge is 0.0960 e. The fraction of sp³-hybridized carbons (Fsp3) is 0.538. The predicted octanol–water partition coefficient (Wildman–Crippen LogP) is 3.55. The largest absolute Gasteiger partial charge is 0.369 e. The Kier molecular flexibility index (Phi) is 15.0. The van der Waals surface area contributed by atoms with Crippen LogP contribution in [0.3, 0.4) is 0 Å². The zero-order chi connectivity index (χ0) is 23.8. The number of nitrogens with one attached hydrogen (secondary N) is 1. The van der Waals surface area contributed by atoms with Gasteiger partial charge in [-0.25, -0.2) is 0 Å². The van der Waals surface area contributed by atoms with Gasteiger partial charge in [-0.15, -0.1) is 0 Å². The van der Waals surface area contributed by atoms with Gasteiger partial charge in [0.05, 0.1) is 15.0 Å². The monoisotopic (exact) mass is 428 g/mol. The summed E-state index contributed by atoms with van der Waals surface area (Å²) in [5.74, 6) is 0.183. The van der Waals surface area contributed by atoms with E-state index < -0.39 is 0 Å². The van der Waals surface area contributed by atoms with Gasteiger partial charge in [-0.2, -0.15) is 0 Å². The van der Waals surface area contributed by atoms with Gasteiger partial charge in [0, 0.05) is 52.7 Å². The molecule has 0 aliphatic carbocycles. The van der Waals surface area contributed by atoms with E-state index in [4.69, 9.17) is 15.6 Å². The fourth-order valence-corrected chi connectivity index (χ4v) is 4.07. The molecule has 3 nitrogen and oxygen atoms in total. The molecule has 0 spiro atoms. The Balaban J connectivity index is 0.00000121. The maximum Gasteiger partial charge on any atom is 0.0960 e. The molecule has 0 aromatic heterocycles. The van der Waals surface area contributed by atoms with Gasteiger partial charge in [0.1, 0.15) is 0 Å². The second-order valence-corrected chi connectivity index (χ2v) is 7.45. The van der Waals surface area contributed by atoms with Gasteiger partial charge in [0.15, 0.2) is 0 Å². The Hall–Kier alpha value is -1.65. The van der Waals surface area contributed by atoms with Crippen molar-refractivity contribution in [3.05, 3.63) is 60.2 Å². The predicted molar refractivity (Wildman–Crippen MR) is 146 cm³/mol. The molecule has 2 aromatic carbocycles. The van der Waals surface area contributed by atoms with Gasteiger partial charge in [0.2, 0.25) is 0 Å². The van der Waals surface area contributed by atoms with E-state index in [1.54, 1.807) is 7.17 Å². The van der Waals surface area contributed by atoms with Crippen molar-refractivity contribution < 1.29 is 0 Å². The molecule has 2 aromatic rings. The first-order chi connectivity index (χ1) is 15.7. The summed E-state index contributed by atoms with van der Waals surface area (Å²) in [5, 5.41) is 3.54. The molecule has 2 unspecified atom stereocenters. The molecule has 6 heteroatoms. The minimum absolute atomic E-state index is 0.0725. The molecule has 0 amide bonds. The standard InChI is InChI=1S/C22H29B3N3.2C2H6/c1-2-19(20-10-6-7-11-21(20)25-24)22(23)26-12-13-27-14-16-28(17-15-27)18-8-4-3-5-9-18;2*1-2/h3-11,19,22,26H,2,12-17H2,1H3;2*1-2H3. The Morgan fingerprint density at radius 1 is 0.906 bits per heavy atom. The lowest BCUT2D eigenvalue weighted by Gasteiger charge is -2.36. The van der Waals surface area contributed by atoms with E-state index in [1.807, 2.05) is 33.8 Å². The third-order valence-electron chi connectivity index (χ3n) is 5.75. The van der Waals surface area contributed by atoms with Crippen molar-refractivity contribution in [2.75, 3.05) is 44.2 Å². The van der Waals surface area contributed by atoms with Gasteiger partial charge in [0.25, 0.3) is 0 Å². The van der Waals surface area contributed by atoms with E-state index in [9.17, 15) is 0 Å². The Morgan fingerprint density at radius 2 is 1.50 bits per heavy atom. The Labute approximate surface area is 201 Å². The highest BCUT2D eigenvalue weighted by atomic mass is 15.3. The van der Waals surface area contributed by atoms with Crippen LogP contribution < -0.4 is 15.7 Å². The highest BCUT2D eigenvalue weighted by Gasteiger charge is 2.20. The lowest BCUT2D eigenvalue weighted by Crippen LogP contribution is -2.49. The molecule has 1 heterocycles. The van der Waals surface area contributed by atoms with E-state index in [2.05, 4.69) is 70.6 Å². The summed E-state index contributed by atoms with van der Waals surface area (Å²) < 4.78 is 0. The molecule has 1 N–H and O–H groups in total. The van der Waals surface area contributed by atoms with Crippen molar-refractivity contribution >= 4 is 33.9 Å². The zero-order valence-electron chi connectivity index (χ0n) is 20.9. The summed E-state index contributed by atoms with van der Waals surface area (Å²) >= 11 is 0. The van der Waals surface area contributed by atoms with E-state index in [0.29, 0.717) is 0 Å². The molecule has 1 aliphatic heterocycles. The third-order valence-corrected chi connectivity index (χ3v) is 5.75. The molecular formula is C26H41B3N3. The minimum Gasteiger partial charge on any atom is -0.369 e. The molecule has 32 heavy (non-hydrogen) atoms. The molecule has 3 rings (SSSR count). The molecule has 0 bridgehead atoms. The summed E-state index contributed by atoms with van der Waals surface area (Å²) in [6.07, 6.45) is 0.981. The lowest BCUT2D eigenvalue weighted by molar-refractivity contribution is 0.255. The maximum atomic E-state index is 6.51. The van der Waals surface area contributed by atoms with Crippen LogP contribution in [0.5, 0.6) is 0 Å². The van der Waals surface area contributed by atoms with Crippen LogP contribution >= 0.6 is 0 Å². The highest BCUT2D eigenvalue weighted by Crippen LogP contribution is 2.20. The van der Waals surface area contributed by atoms with Gasteiger partial charge < -0.3 is 10.2 Å². The van der Waals surface area contributed by atoms with Crippen molar-refractivity contribution in [1.29, 1.82) is 0 Å². The number of rotatable bonds is 9. The van der Waals surface area contributed by atoms with Crippen molar-refractivity contribution in [1.82, 2.24) is 10.2 Å². The number of hydrogen-bond donors (Lipinski definition) is 1. The molecule has 169 valence electrons. The topological polar surface area (TPSA) is 18.5 Å². The Morgan fingerprint density at radius 3 is 2.09 bits per heavy atom. The van der Waals surface area contributed by atoms with Gasteiger partial charge >= 0.3 is 0 Å². The lowest BCUT2D eigenvalue weighted by atomic mass is 9.49. The van der Waals surface area contributed by atoms with Crippen LogP contribution in [0.2, 0.25) is 0 Å². The van der Waals surface area contributed by atoms with E-state index in [1.165, 1.54) is 11.3 Å². The molecule has 1 saturated heterocycles. The van der Waals surface area contributed by atoms with Crippen LogP contribution in [-0.4, -0.2) is 72.9 Å². The van der Waals surface area contributed by atoms with Gasteiger partial charge in [-0.05, 0) is 30.4 Å². The quantitative estimate of drug-likeness (QED) is 0.617. The first-order valence-electron chi connectivity index (χ1n) is 12.4. The van der Waals surface area contributed by atoms with Crippen LogP contribution in [0.4, 0.5) is 5.69 Å². The van der Waals surface area contributed by atoms with Crippen molar-refractivity contribution in [3.8, 4) is 0 Å². The van der Waals surface area contributed by atoms with Crippen LogP contribution in [0.15, 0.2) is 54.6 Å². The number of benzene rings is 2. The summed E-state index contributed by atoms with van der Waals surface area (Å²) in [6, 6.07) is 18.9. The number of anilines is 1. The summed E-state index contributed by atoms with van der Waals surface area (Å²) in [7, 11) is 14.0. The Bertz CT molecular complexity index is 706. The SMILES string of the molecule is CC.CC.[B][B]c1ccccc1C(CC)C([B])NCCN1CCN(c2ccccc2)CC1. The summed E-state index contributed by atoms with van der Waals surface area (Å²) in [5.41, 5.74) is 3.62. The summed E-state index contributed by atoms with van der Waals surface area (Å²) in [6.45, 7) is 16.4. The molecule has 1 fully saturated rings. The number of hydrogen-bond acceptors (Lipinski definition) is 3. The maximum absolute atomic E-state index is 6.51. The molecule has 1 aliphatic rings. The van der Waals surface area contributed by atoms with Crippen molar-refractivity contribution in [2.24, 2.45) is 0 Å². The molecule has 5 radical (unpaired) electrons. The first kappa shape index (κ1) is 28.4. The third kappa shape index (κ3) is 8.71. The van der Waals surface area contributed by atoms with Gasteiger partial charge in [-0.1, -0.05) is 88.1 Å². The molecular weight excluding hydrogens is 387 g/mol. The second-order valence-electron chi connectivity index (χ2n) is 7.45. The van der Waals surface area contributed by atoms with Crippen LogP contribution in [-0.2, 0) is 0 Å². The van der Waals surface area contributed by atoms with Crippen LogP contribution in [0, 0.1) is 0 Å². The highest BCUT2D eigenvalue weighted by molar-refractivity contribution is 6.97. The zero-order valence-corrected chi connectivity index (χ0v) is 20.9. The van der Waals surface area contributed by atoms with Crippen molar-refractivity contribution in [3.63, 3.8) is 0 Å². The van der Waals surface area contributed by atoms with E-state index in [0.717, 1.165) is 51.2 Å². The average molecular weight is 428 g/mol. The van der Waals surface area contributed by atoms with Crippen LogP contribution in [0.1, 0.15) is 52.5 Å². The molecule has 2 atom stereocenters. The van der Waals surface area contributed by atoms with E-state index in [-0.39, 0.29) is 11.9 Å². The fourth-order valence-electron chi connectivity index (χ4n) is 4.07. The van der Waals surface area contributed by atoms with Gasteiger partial charge in [-0.3, -0.25) is 4.90 Å².